The standard InChI is InChI=1S/C26H33N3O6/c1-16-10-25(4,5)15-26(11-16)23(32)29(24(33)27-26)13-22(31)35-14-21(30)20-9-17(2)28(18(20)3)12-19-7-6-8-34-19/h6-9,16H,10-15H2,1-5H3,(H,27,33)/t16-,26-/m0/s1. The van der Waals surface area contributed by atoms with E-state index in [-0.39, 0.29) is 17.1 Å². The summed E-state index contributed by atoms with van der Waals surface area (Å²) in [7, 11) is 0. The molecule has 0 unspecified atom stereocenters. The highest BCUT2D eigenvalue weighted by Crippen LogP contribution is 2.46. The predicted octanol–water partition coefficient (Wildman–Crippen LogP) is 3.61. The molecule has 1 N–H and O–H groups in total. The van der Waals surface area contributed by atoms with Gasteiger partial charge in [-0.2, -0.15) is 0 Å². The third-order valence-electron chi connectivity index (χ3n) is 7.04. The summed E-state index contributed by atoms with van der Waals surface area (Å²) in [5.41, 5.74) is 0.981. The molecule has 2 aromatic rings. The molecule has 3 amide bonds. The maximum Gasteiger partial charge on any atom is 0.326 e. The smallest absolute Gasteiger partial charge is 0.326 e. The number of aryl methyl sites for hydroxylation is 1. The van der Waals surface area contributed by atoms with Crippen molar-refractivity contribution in [3.05, 3.63) is 47.2 Å². The van der Waals surface area contributed by atoms with Crippen molar-refractivity contribution in [2.45, 2.75) is 66.0 Å². The van der Waals surface area contributed by atoms with Gasteiger partial charge in [0.15, 0.2) is 6.61 Å². The Morgan fingerprint density at radius 3 is 2.63 bits per heavy atom. The molecule has 4 rings (SSSR count). The van der Waals surface area contributed by atoms with Gasteiger partial charge in [-0.25, -0.2) is 4.79 Å². The Bertz CT molecular complexity index is 1160. The number of imide groups is 1. The van der Waals surface area contributed by atoms with E-state index < -0.39 is 36.6 Å². The molecule has 1 aliphatic carbocycles. The number of Topliss-reactive ketones (excluding diaryl/α,β-unsaturated/α-hetero) is 1. The van der Waals surface area contributed by atoms with Crippen LogP contribution in [0.2, 0.25) is 0 Å². The zero-order valence-electron chi connectivity index (χ0n) is 21.0. The number of esters is 1. The number of hydrogen-bond donors (Lipinski definition) is 1. The number of hydrogen-bond acceptors (Lipinski definition) is 6. The summed E-state index contributed by atoms with van der Waals surface area (Å²) in [5, 5.41) is 2.84. The van der Waals surface area contributed by atoms with Crippen LogP contribution in [-0.2, 0) is 20.9 Å². The second kappa shape index (κ2) is 9.02. The molecule has 188 valence electrons. The van der Waals surface area contributed by atoms with Crippen LogP contribution in [0, 0.1) is 25.2 Å². The highest BCUT2D eigenvalue weighted by molar-refractivity contribution is 6.09. The first-order valence-electron chi connectivity index (χ1n) is 11.9. The average molecular weight is 484 g/mol. The molecule has 2 aromatic heterocycles. The van der Waals surface area contributed by atoms with Crippen LogP contribution >= 0.6 is 0 Å². The van der Waals surface area contributed by atoms with Gasteiger partial charge in [0, 0.05) is 17.0 Å². The van der Waals surface area contributed by atoms with E-state index in [1.165, 1.54) is 0 Å². The number of carbonyl (C=O) groups excluding carboxylic acids is 4. The molecule has 2 atom stereocenters. The maximum absolute atomic E-state index is 13.2. The number of furan rings is 1. The Labute approximate surface area is 204 Å². The maximum atomic E-state index is 13.2. The first-order valence-corrected chi connectivity index (χ1v) is 11.9. The van der Waals surface area contributed by atoms with Crippen LogP contribution in [0.3, 0.4) is 0 Å². The SMILES string of the molecule is Cc1cc(C(=O)COC(=O)CN2C(=O)N[C@]3(C[C@@H](C)CC(C)(C)C3)C2=O)c(C)n1Cc1ccco1. The third-order valence-corrected chi connectivity index (χ3v) is 7.04. The number of rotatable bonds is 7. The summed E-state index contributed by atoms with van der Waals surface area (Å²) in [6.45, 7) is 9.44. The Balaban J connectivity index is 1.37. The summed E-state index contributed by atoms with van der Waals surface area (Å²) < 4.78 is 12.5. The lowest BCUT2D eigenvalue weighted by molar-refractivity contribution is -0.147. The van der Waals surface area contributed by atoms with E-state index in [4.69, 9.17) is 9.15 Å². The van der Waals surface area contributed by atoms with Gasteiger partial charge in [0.25, 0.3) is 5.91 Å². The molecule has 35 heavy (non-hydrogen) atoms. The monoisotopic (exact) mass is 483 g/mol. The predicted molar refractivity (Wildman–Crippen MR) is 127 cm³/mol. The van der Waals surface area contributed by atoms with Crippen LogP contribution in [0.1, 0.15) is 67.5 Å². The molecule has 2 fully saturated rings. The molecule has 0 radical (unpaired) electrons. The summed E-state index contributed by atoms with van der Waals surface area (Å²) in [6, 6.07) is 4.82. The van der Waals surface area contributed by atoms with Crippen LogP contribution in [0.4, 0.5) is 4.79 Å². The molecule has 0 aromatic carbocycles. The Kier molecular flexibility index (Phi) is 6.38. The van der Waals surface area contributed by atoms with Crippen molar-refractivity contribution in [2.75, 3.05) is 13.2 Å². The molecule has 0 bridgehead atoms. The highest BCUT2D eigenvalue weighted by atomic mass is 16.5. The fraction of sp³-hybridized carbons (Fsp3) is 0.538. The minimum absolute atomic E-state index is 0.104. The van der Waals surface area contributed by atoms with Gasteiger partial charge in [-0.05, 0) is 62.6 Å². The fourth-order valence-electron chi connectivity index (χ4n) is 5.93. The van der Waals surface area contributed by atoms with Gasteiger partial charge in [0.05, 0.1) is 12.8 Å². The van der Waals surface area contributed by atoms with Gasteiger partial charge in [-0.3, -0.25) is 19.3 Å². The first-order chi connectivity index (χ1) is 16.4. The largest absolute Gasteiger partial charge is 0.467 e. The van der Waals surface area contributed by atoms with E-state index >= 15 is 0 Å². The number of nitrogens with zero attached hydrogens (tertiary/aromatic N) is 2. The van der Waals surface area contributed by atoms with Crippen LogP contribution in [0.5, 0.6) is 0 Å². The van der Waals surface area contributed by atoms with E-state index in [9.17, 15) is 19.2 Å². The molecular weight excluding hydrogens is 450 g/mol. The molecular formula is C26H33N3O6. The summed E-state index contributed by atoms with van der Waals surface area (Å²) in [4.78, 5) is 52.0. The number of urea groups is 1. The third kappa shape index (κ3) is 4.90. The van der Waals surface area contributed by atoms with E-state index in [0.29, 0.717) is 24.9 Å². The highest BCUT2D eigenvalue weighted by Gasteiger charge is 2.56. The number of nitrogens with one attached hydrogen (secondary N) is 1. The lowest BCUT2D eigenvalue weighted by atomic mass is 9.64. The Hall–Kier alpha value is -3.36. The second-order valence-electron chi connectivity index (χ2n) is 10.8. The van der Waals surface area contributed by atoms with Gasteiger partial charge in [-0.1, -0.05) is 20.8 Å². The quantitative estimate of drug-likeness (QED) is 0.366. The second-order valence-corrected chi connectivity index (χ2v) is 10.8. The fourth-order valence-corrected chi connectivity index (χ4v) is 5.93. The van der Waals surface area contributed by atoms with E-state index in [0.717, 1.165) is 28.5 Å². The minimum Gasteiger partial charge on any atom is -0.467 e. The normalized spacial score (nSPS) is 23.6. The molecule has 1 saturated heterocycles. The van der Waals surface area contributed by atoms with E-state index in [1.807, 2.05) is 24.5 Å². The molecule has 2 aliphatic rings. The zero-order valence-corrected chi connectivity index (χ0v) is 21.0. The van der Waals surface area contributed by atoms with Gasteiger partial charge in [-0.15, -0.1) is 0 Å². The summed E-state index contributed by atoms with van der Waals surface area (Å²) in [5.74, 6) is -0.523. The molecule has 9 heteroatoms. The van der Waals surface area contributed by atoms with E-state index in [1.54, 1.807) is 18.4 Å². The lowest BCUT2D eigenvalue weighted by Crippen LogP contribution is -2.54. The van der Waals surface area contributed by atoms with Gasteiger partial charge in [0.2, 0.25) is 5.78 Å². The molecule has 1 saturated carbocycles. The molecule has 9 nitrogen and oxygen atoms in total. The number of amides is 3. The van der Waals surface area contributed by atoms with Crippen LogP contribution in [-0.4, -0.2) is 51.8 Å². The van der Waals surface area contributed by atoms with Crippen LogP contribution < -0.4 is 5.32 Å². The van der Waals surface area contributed by atoms with Crippen molar-refractivity contribution in [2.24, 2.45) is 11.3 Å². The molecule has 1 aliphatic heterocycles. The van der Waals surface area contributed by atoms with Gasteiger partial charge in [0.1, 0.15) is 17.8 Å². The molecule has 3 heterocycles. The van der Waals surface area contributed by atoms with Crippen molar-refractivity contribution in [1.29, 1.82) is 0 Å². The minimum atomic E-state index is -0.986. The van der Waals surface area contributed by atoms with Crippen molar-refractivity contribution >= 4 is 23.7 Å². The van der Waals surface area contributed by atoms with Crippen molar-refractivity contribution < 1.29 is 28.3 Å². The summed E-state index contributed by atoms with van der Waals surface area (Å²) in [6.07, 6.45) is 3.62. The van der Waals surface area contributed by atoms with E-state index in [2.05, 4.69) is 26.1 Å². The van der Waals surface area contributed by atoms with Gasteiger partial charge >= 0.3 is 12.0 Å². The Morgan fingerprint density at radius 1 is 1.23 bits per heavy atom. The summed E-state index contributed by atoms with van der Waals surface area (Å²) >= 11 is 0. The Morgan fingerprint density at radius 2 is 1.97 bits per heavy atom. The zero-order chi connectivity index (χ0) is 25.5. The first kappa shape index (κ1) is 24.8. The number of carbonyl (C=O) groups is 4. The lowest BCUT2D eigenvalue weighted by Gasteiger charge is -2.43. The number of ether oxygens (including phenoxy) is 1. The van der Waals surface area contributed by atoms with Crippen LogP contribution in [0.15, 0.2) is 28.9 Å². The van der Waals surface area contributed by atoms with Gasteiger partial charge < -0.3 is 19.0 Å². The van der Waals surface area contributed by atoms with Crippen LogP contribution in [0.25, 0.3) is 0 Å². The molecule has 1 spiro atoms. The van der Waals surface area contributed by atoms with Crippen molar-refractivity contribution in [3.8, 4) is 0 Å². The average Bonchev–Trinajstić information content (AvgIpc) is 3.42. The number of aromatic nitrogens is 1. The van der Waals surface area contributed by atoms with Crippen molar-refractivity contribution in [3.63, 3.8) is 0 Å². The number of ketones is 1. The van der Waals surface area contributed by atoms with Crippen molar-refractivity contribution in [1.82, 2.24) is 14.8 Å². The topological polar surface area (TPSA) is 111 Å².